The van der Waals surface area contributed by atoms with Gasteiger partial charge in [0.15, 0.2) is 0 Å². The maximum atomic E-state index is 6.08. The summed E-state index contributed by atoms with van der Waals surface area (Å²) >= 11 is 0. The van der Waals surface area contributed by atoms with Gasteiger partial charge in [0.1, 0.15) is 0 Å². The van der Waals surface area contributed by atoms with E-state index in [4.69, 9.17) is 5.73 Å². The molecule has 1 aliphatic rings. The zero-order valence-electron chi connectivity index (χ0n) is 9.56. The first-order valence-corrected chi connectivity index (χ1v) is 5.77. The maximum absolute atomic E-state index is 6.08. The van der Waals surface area contributed by atoms with Gasteiger partial charge >= 0.3 is 0 Å². The zero-order valence-corrected chi connectivity index (χ0v) is 9.56. The lowest BCUT2D eigenvalue weighted by Gasteiger charge is -2.42. The number of hydrogen-bond acceptors (Lipinski definition) is 2. The van der Waals surface area contributed by atoms with Crippen molar-refractivity contribution in [2.45, 2.75) is 32.4 Å². The van der Waals surface area contributed by atoms with Gasteiger partial charge in [0, 0.05) is 24.3 Å². The molecule has 0 radical (unpaired) electrons. The largest absolute Gasteiger partial charge is 0.368 e. The molecule has 3 unspecified atom stereocenters. The van der Waals surface area contributed by atoms with Gasteiger partial charge in [-0.05, 0) is 31.4 Å². The van der Waals surface area contributed by atoms with Crippen LogP contribution in [-0.4, -0.2) is 18.6 Å². The summed E-state index contributed by atoms with van der Waals surface area (Å²) in [4.78, 5) is 2.47. The predicted molar refractivity (Wildman–Crippen MR) is 65.0 cm³/mol. The van der Waals surface area contributed by atoms with Crippen LogP contribution in [0.15, 0.2) is 30.3 Å². The average Bonchev–Trinajstić information content (AvgIpc) is 2.27. The number of hydrogen-bond donors (Lipinski definition) is 1. The minimum atomic E-state index is 0.361. The third kappa shape index (κ3) is 2.00. The Morgan fingerprint density at radius 1 is 1.20 bits per heavy atom. The van der Waals surface area contributed by atoms with Crippen molar-refractivity contribution in [3.63, 3.8) is 0 Å². The molecule has 1 saturated heterocycles. The van der Waals surface area contributed by atoms with Crippen molar-refractivity contribution < 1.29 is 0 Å². The highest BCUT2D eigenvalue weighted by Gasteiger charge is 2.29. The summed E-state index contributed by atoms with van der Waals surface area (Å²) in [6.07, 6.45) is 1.10. The lowest BCUT2D eigenvalue weighted by atomic mass is 9.87. The highest BCUT2D eigenvalue weighted by Crippen LogP contribution is 2.27. The normalized spacial score (nSPS) is 31.7. The molecule has 1 aromatic rings. The second-order valence-electron chi connectivity index (χ2n) is 4.58. The Labute approximate surface area is 92.1 Å². The number of piperidine rings is 1. The van der Waals surface area contributed by atoms with E-state index < -0.39 is 0 Å². The Morgan fingerprint density at radius 3 is 2.53 bits per heavy atom. The first-order chi connectivity index (χ1) is 7.20. The predicted octanol–water partition coefficient (Wildman–Crippen LogP) is 2.25. The molecule has 1 aliphatic heterocycles. The van der Waals surface area contributed by atoms with Gasteiger partial charge < -0.3 is 10.6 Å². The first kappa shape index (κ1) is 10.5. The molecule has 2 rings (SSSR count). The van der Waals surface area contributed by atoms with Crippen molar-refractivity contribution in [3.8, 4) is 0 Å². The van der Waals surface area contributed by atoms with Crippen LogP contribution in [0, 0.1) is 5.92 Å². The molecule has 2 N–H and O–H groups in total. The van der Waals surface area contributed by atoms with Gasteiger partial charge in [-0.25, -0.2) is 0 Å². The van der Waals surface area contributed by atoms with E-state index in [1.807, 2.05) is 0 Å². The number of para-hydroxylation sites is 1. The lowest BCUT2D eigenvalue weighted by molar-refractivity contribution is 0.315. The van der Waals surface area contributed by atoms with E-state index >= 15 is 0 Å². The van der Waals surface area contributed by atoms with Crippen molar-refractivity contribution in [2.75, 3.05) is 11.4 Å². The van der Waals surface area contributed by atoms with E-state index in [-0.39, 0.29) is 0 Å². The van der Waals surface area contributed by atoms with Crippen molar-refractivity contribution in [2.24, 2.45) is 11.7 Å². The molecule has 0 amide bonds. The quantitative estimate of drug-likeness (QED) is 0.760. The number of nitrogens with two attached hydrogens (primary N) is 1. The fourth-order valence-corrected chi connectivity index (χ4v) is 2.38. The molecule has 15 heavy (non-hydrogen) atoms. The minimum Gasteiger partial charge on any atom is -0.368 e. The van der Waals surface area contributed by atoms with Crippen LogP contribution in [0.3, 0.4) is 0 Å². The van der Waals surface area contributed by atoms with E-state index in [1.54, 1.807) is 0 Å². The second kappa shape index (κ2) is 4.23. The molecular weight excluding hydrogens is 184 g/mol. The van der Waals surface area contributed by atoms with Gasteiger partial charge in [-0.15, -0.1) is 0 Å². The molecule has 0 bridgehead atoms. The fourth-order valence-electron chi connectivity index (χ4n) is 2.38. The highest BCUT2D eigenvalue weighted by molar-refractivity contribution is 5.47. The first-order valence-electron chi connectivity index (χ1n) is 5.77. The van der Waals surface area contributed by atoms with E-state index in [1.165, 1.54) is 5.69 Å². The highest BCUT2D eigenvalue weighted by atomic mass is 15.2. The van der Waals surface area contributed by atoms with E-state index in [0.717, 1.165) is 13.0 Å². The Bertz CT molecular complexity index is 310. The molecule has 0 spiro atoms. The Kier molecular flexibility index (Phi) is 2.96. The molecule has 1 aromatic carbocycles. The summed E-state index contributed by atoms with van der Waals surface area (Å²) in [5, 5.41) is 0. The lowest BCUT2D eigenvalue weighted by Crippen LogP contribution is -2.51. The minimum absolute atomic E-state index is 0.361. The van der Waals surface area contributed by atoms with Crippen molar-refractivity contribution >= 4 is 5.69 Å². The van der Waals surface area contributed by atoms with Crippen LogP contribution in [-0.2, 0) is 0 Å². The van der Waals surface area contributed by atoms with Crippen molar-refractivity contribution in [1.29, 1.82) is 0 Å². The number of nitrogens with zero attached hydrogens (tertiary/aromatic N) is 1. The third-order valence-electron chi connectivity index (χ3n) is 3.72. The Hall–Kier alpha value is -1.02. The maximum Gasteiger partial charge on any atom is 0.0368 e. The SMILES string of the molecule is CC1C(N)CCN(c2ccccc2)C1C. The fraction of sp³-hybridized carbons (Fsp3) is 0.538. The van der Waals surface area contributed by atoms with E-state index in [2.05, 4.69) is 49.1 Å². The summed E-state index contributed by atoms with van der Waals surface area (Å²) in [6.45, 7) is 5.61. The van der Waals surface area contributed by atoms with Crippen LogP contribution in [0.5, 0.6) is 0 Å². The van der Waals surface area contributed by atoms with Gasteiger partial charge in [0.25, 0.3) is 0 Å². The summed E-state index contributed by atoms with van der Waals surface area (Å²) in [5.41, 5.74) is 7.41. The van der Waals surface area contributed by atoms with Gasteiger partial charge in [-0.2, -0.15) is 0 Å². The molecule has 2 heteroatoms. The smallest absolute Gasteiger partial charge is 0.0368 e. The molecule has 0 saturated carbocycles. The molecule has 2 nitrogen and oxygen atoms in total. The Balaban J connectivity index is 2.17. The molecule has 0 aliphatic carbocycles. The van der Waals surface area contributed by atoms with Gasteiger partial charge in [0.2, 0.25) is 0 Å². The zero-order chi connectivity index (χ0) is 10.8. The summed E-state index contributed by atoms with van der Waals surface area (Å²) in [7, 11) is 0. The van der Waals surface area contributed by atoms with Gasteiger partial charge in [0.05, 0.1) is 0 Å². The number of anilines is 1. The molecule has 1 heterocycles. The van der Waals surface area contributed by atoms with E-state index in [0.29, 0.717) is 18.0 Å². The summed E-state index contributed by atoms with van der Waals surface area (Å²) in [5.74, 6) is 0.568. The molecule has 0 aromatic heterocycles. The topological polar surface area (TPSA) is 29.3 Å². The monoisotopic (exact) mass is 204 g/mol. The van der Waals surface area contributed by atoms with Crippen molar-refractivity contribution in [1.82, 2.24) is 0 Å². The molecule has 1 fully saturated rings. The van der Waals surface area contributed by atoms with Crippen LogP contribution < -0.4 is 10.6 Å². The summed E-state index contributed by atoms with van der Waals surface area (Å²) < 4.78 is 0. The standard InChI is InChI=1S/C13H20N2/c1-10-11(2)15(9-8-13(10)14)12-6-4-3-5-7-12/h3-7,10-11,13H,8-9,14H2,1-2H3. The van der Waals surface area contributed by atoms with Crippen LogP contribution >= 0.6 is 0 Å². The van der Waals surface area contributed by atoms with Crippen LogP contribution in [0.4, 0.5) is 5.69 Å². The van der Waals surface area contributed by atoms with Crippen LogP contribution in [0.1, 0.15) is 20.3 Å². The Morgan fingerprint density at radius 2 is 1.87 bits per heavy atom. The molecular formula is C13H20N2. The number of rotatable bonds is 1. The van der Waals surface area contributed by atoms with Gasteiger partial charge in [-0.3, -0.25) is 0 Å². The van der Waals surface area contributed by atoms with Crippen LogP contribution in [0.2, 0.25) is 0 Å². The van der Waals surface area contributed by atoms with Crippen molar-refractivity contribution in [3.05, 3.63) is 30.3 Å². The third-order valence-corrected chi connectivity index (χ3v) is 3.72. The molecule has 3 atom stereocenters. The number of benzene rings is 1. The second-order valence-corrected chi connectivity index (χ2v) is 4.58. The molecule has 82 valence electrons. The van der Waals surface area contributed by atoms with Crippen LogP contribution in [0.25, 0.3) is 0 Å². The van der Waals surface area contributed by atoms with E-state index in [9.17, 15) is 0 Å². The van der Waals surface area contributed by atoms with Gasteiger partial charge in [-0.1, -0.05) is 25.1 Å². The summed E-state index contributed by atoms with van der Waals surface area (Å²) in [6, 6.07) is 11.5. The average molecular weight is 204 g/mol.